The summed E-state index contributed by atoms with van der Waals surface area (Å²) in [6, 6.07) is 11.6. The van der Waals surface area contributed by atoms with E-state index in [9.17, 15) is 0 Å². The number of fused-ring (bicyclic) bond motifs is 1. The van der Waals surface area contributed by atoms with Gasteiger partial charge in [0, 0.05) is 16.0 Å². The fourth-order valence-corrected chi connectivity index (χ4v) is 2.61. The number of rotatable bonds is 1. The molecule has 0 bridgehead atoms. The molecule has 0 aliphatic rings. The summed E-state index contributed by atoms with van der Waals surface area (Å²) in [4.78, 5) is 9.07. The highest BCUT2D eigenvalue weighted by Gasteiger charge is 2.10. The zero-order valence-corrected chi connectivity index (χ0v) is 12.1. The Balaban J connectivity index is 2.28. The summed E-state index contributed by atoms with van der Waals surface area (Å²) in [6.45, 7) is 4.00. The SMILES string of the molecule is Cc1cc(Cl)ccc1-c1nc(N)c2c(C)cccc2n1. The molecule has 0 aliphatic heterocycles. The fraction of sp³-hybridized carbons (Fsp3) is 0.125. The van der Waals surface area contributed by atoms with Crippen LogP contribution in [-0.2, 0) is 0 Å². The van der Waals surface area contributed by atoms with Crippen LogP contribution in [-0.4, -0.2) is 9.97 Å². The zero-order valence-electron chi connectivity index (χ0n) is 11.3. The molecule has 20 heavy (non-hydrogen) atoms. The number of nitrogens with two attached hydrogens (primary N) is 1. The van der Waals surface area contributed by atoms with Crippen molar-refractivity contribution in [3.63, 3.8) is 0 Å². The number of aromatic nitrogens is 2. The van der Waals surface area contributed by atoms with Crippen LogP contribution in [0.25, 0.3) is 22.3 Å². The van der Waals surface area contributed by atoms with Crippen LogP contribution in [0, 0.1) is 13.8 Å². The van der Waals surface area contributed by atoms with Crippen LogP contribution < -0.4 is 5.73 Å². The van der Waals surface area contributed by atoms with Crippen molar-refractivity contribution in [2.24, 2.45) is 0 Å². The summed E-state index contributed by atoms with van der Waals surface area (Å²) in [5.74, 6) is 1.15. The highest BCUT2D eigenvalue weighted by Crippen LogP contribution is 2.28. The number of nitrogens with zero attached hydrogens (tertiary/aromatic N) is 2. The number of benzene rings is 2. The van der Waals surface area contributed by atoms with Crippen LogP contribution in [0.3, 0.4) is 0 Å². The van der Waals surface area contributed by atoms with E-state index in [0.29, 0.717) is 16.7 Å². The van der Waals surface area contributed by atoms with Gasteiger partial charge < -0.3 is 5.73 Å². The van der Waals surface area contributed by atoms with Crippen molar-refractivity contribution in [2.45, 2.75) is 13.8 Å². The van der Waals surface area contributed by atoms with Gasteiger partial charge in [0.1, 0.15) is 5.82 Å². The van der Waals surface area contributed by atoms with Crippen molar-refractivity contribution in [3.8, 4) is 11.4 Å². The molecule has 0 unspecified atom stereocenters. The van der Waals surface area contributed by atoms with Gasteiger partial charge >= 0.3 is 0 Å². The third-order valence-electron chi connectivity index (χ3n) is 3.39. The van der Waals surface area contributed by atoms with Crippen LogP contribution in [0.1, 0.15) is 11.1 Å². The molecule has 3 aromatic rings. The quantitative estimate of drug-likeness (QED) is 0.730. The summed E-state index contributed by atoms with van der Waals surface area (Å²) >= 11 is 5.99. The Hall–Kier alpha value is -2.13. The summed E-state index contributed by atoms with van der Waals surface area (Å²) < 4.78 is 0. The average molecular weight is 284 g/mol. The number of nitrogen functional groups attached to an aromatic ring is 1. The Labute approximate surface area is 122 Å². The van der Waals surface area contributed by atoms with Gasteiger partial charge in [-0.3, -0.25) is 0 Å². The maximum absolute atomic E-state index is 6.10. The lowest BCUT2D eigenvalue weighted by Crippen LogP contribution is -2.00. The molecule has 1 heterocycles. The third-order valence-corrected chi connectivity index (χ3v) is 3.62. The molecule has 0 atom stereocenters. The predicted molar refractivity (Wildman–Crippen MR) is 83.9 cm³/mol. The first-order valence-corrected chi connectivity index (χ1v) is 6.73. The minimum atomic E-state index is 0.512. The van der Waals surface area contributed by atoms with E-state index in [1.807, 2.05) is 50.2 Å². The molecule has 3 rings (SSSR count). The number of hydrogen-bond donors (Lipinski definition) is 1. The highest BCUT2D eigenvalue weighted by molar-refractivity contribution is 6.30. The van der Waals surface area contributed by atoms with E-state index in [0.717, 1.165) is 27.6 Å². The molecule has 0 saturated carbocycles. The summed E-state index contributed by atoms with van der Waals surface area (Å²) in [5.41, 5.74) is 10.0. The van der Waals surface area contributed by atoms with Gasteiger partial charge in [-0.25, -0.2) is 9.97 Å². The van der Waals surface area contributed by atoms with Gasteiger partial charge in [0.2, 0.25) is 0 Å². The predicted octanol–water partition coefficient (Wildman–Crippen LogP) is 4.15. The first kappa shape index (κ1) is 12.9. The second-order valence-corrected chi connectivity index (χ2v) is 5.30. The van der Waals surface area contributed by atoms with Gasteiger partial charge in [0.15, 0.2) is 5.82 Å². The van der Waals surface area contributed by atoms with Crippen LogP contribution in [0.4, 0.5) is 5.82 Å². The molecule has 2 N–H and O–H groups in total. The van der Waals surface area contributed by atoms with Crippen LogP contribution >= 0.6 is 11.6 Å². The number of anilines is 1. The summed E-state index contributed by atoms with van der Waals surface area (Å²) in [5, 5.41) is 1.62. The molecular weight excluding hydrogens is 270 g/mol. The Kier molecular flexibility index (Phi) is 3.07. The van der Waals surface area contributed by atoms with E-state index in [1.165, 1.54) is 0 Å². The van der Waals surface area contributed by atoms with Crippen LogP contribution in [0.5, 0.6) is 0 Å². The molecule has 0 amide bonds. The van der Waals surface area contributed by atoms with E-state index < -0.39 is 0 Å². The Morgan fingerprint density at radius 3 is 2.55 bits per heavy atom. The molecule has 4 heteroatoms. The van der Waals surface area contributed by atoms with Crippen LogP contribution in [0.2, 0.25) is 5.02 Å². The second kappa shape index (κ2) is 4.76. The summed E-state index contributed by atoms with van der Waals surface area (Å²) in [7, 11) is 0. The minimum Gasteiger partial charge on any atom is -0.383 e. The lowest BCUT2D eigenvalue weighted by molar-refractivity contribution is 1.22. The van der Waals surface area contributed by atoms with Crippen molar-refractivity contribution >= 4 is 28.3 Å². The maximum atomic E-state index is 6.10. The highest BCUT2D eigenvalue weighted by atomic mass is 35.5. The normalized spacial score (nSPS) is 10.9. The molecule has 100 valence electrons. The largest absolute Gasteiger partial charge is 0.383 e. The number of aryl methyl sites for hydroxylation is 2. The van der Waals surface area contributed by atoms with Gasteiger partial charge in [0.05, 0.1) is 5.52 Å². The Bertz CT molecular complexity index is 812. The lowest BCUT2D eigenvalue weighted by atomic mass is 10.1. The van der Waals surface area contributed by atoms with Gasteiger partial charge in [-0.15, -0.1) is 0 Å². The molecule has 3 nitrogen and oxygen atoms in total. The van der Waals surface area contributed by atoms with Crippen molar-refractivity contribution in [2.75, 3.05) is 5.73 Å². The van der Waals surface area contributed by atoms with E-state index >= 15 is 0 Å². The Morgan fingerprint density at radius 2 is 1.80 bits per heavy atom. The van der Waals surface area contributed by atoms with Gasteiger partial charge in [-0.1, -0.05) is 23.7 Å². The molecule has 1 aromatic heterocycles. The van der Waals surface area contributed by atoms with Gasteiger partial charge in [-0.05, 0) is 49.2 Å². The maximum Gasteiger partial charge on any atom is 0.162 e. The standard InChI is InChI=1S/C16H14ClN3/c1-9-4-3-5-13-14(9)15(18)20-16(19-13)12-7-6-11(17)8-10(12)2/h3-8H,1-2H3,(H2,18,19,20). The zero-order chi connectivity index (χ0) is 14.3. The van der Waals surface area contributed by atoms with E-state index in [-0.39, 0.29) is 0 Å². The summed E-state index contributed by atoms with van der Waals surface area (Å²) in [6.07, 6.45) is 0. The molecule has 0 spiro atoms. The molecule has 0 aliphatic carbocycles. The van der Waals surface area contributed by atoms with Crippen molar-refractivity contribution in [1.82, 2.24) is 9.97 Å². The minimum absolute atomic E-state index is 0.512. The average Bonchev–Trinajstić information content (AvgIpc) is 2.38. The van der Waals surface area contributed by atoms with Crippen molar-refractivity contribution in [3.05, 3.63) is 52.5 Å². The topological polar surface area (TPSA) is 51.8 Å². The third kappa shape index (κ3) is 2.10. The lowest BCUT2D eigenvalue weighted by Gasteiger charge is -2.09. The van der Waals surface area contributed by atoms with Gasteiger partial charge in [0.25, 0.3) is 0 Å². The van der Waals surface area contributed by atoms with Gasteiger partial charge in [-0.2, -0.15) is 0 Å². The van der Waals surface area contributed by atoms with E-state index in [1.54, 1.807) is 0 Å². The molecule has 0 radical (unpaired) electrons. The first-order chi connectivity index (χ1) is 9.56. The molecule has 2 aromatic carbocycles. The number of halogens is 1. The second-order valence-electron chi connectivity index (χ2n) is 4.86. The first-order valence-electron chi connectivity index (χ1n) is 6.35. The van der Waals surface area contributed by atoms with E-state index in [2.05, 4.69) is 9.97 Å². The molecule has 0 saturated heterocycles. The van der Waals surface area contributed by atoms with Crippen molar-refractivity contribution < 1.29 is 0 Å². The van der Waals surface area contributed by atoms with E-state index in [4.69, 9.17) is 17.3 Å². The molecule has 0 fully saturated rings. The van der Waals surface area contributed by atoms with Crippen LogP contribution in [0.15, 0.2) is 36.4 Å². The monoisotopic (exact) mass is 283 g/mol. The Morgan fingerprint density at radius 1 is 1.00 bits per heavy atom. The number of hydrogen-bond acceptors (Lipinski definition) is 3. The van der Waals surface area contributed by atoms with Crippen molar-refractivity contribution in [1.29, 1.82) is 0 Å². The fourth-order valence-electron chi connectivity index (χ4n) is 2.39. The molecular formula is C16H14ClN3. The smallest absolute Gasteiger partial charge is 0.162 e.